The van der Waals surface area contributed by atoms with Gasteiger partial charge in [-0.05, 0) is 49.3 Å². The van der Waals surface area contributed by atoms with E-state index >= 15 is 0 Å². The smallest absolute Gasteiger partial charge is 0.191 e. The van der Waals surface area contributed by atoms with E-state index in [2.05, 4.69) is 59.7 Å². The first kappa shape index (κ1) is 21.5. The number of hydrogen-bond acceptors (Lipinski definition) is 4. The van der Waals surface area contributed by atoms with Crippen LogP contribution in [0.4, 0.5) is 5.69 Å². The van der Waals surface area contributed by atoms with Crippen molar-refractivity contribution in [1.29, 1.82) is 0 Å². The predicted molar refractivity (Wildman–Crippen MR) is 113 cm³/mol. The van der Waals surface area contributed by atoms with Crippen LogP contribution in [0.5, 0.6) is 0 Å². The number of hydrogen-bond donors (Lipinski definition) is 2. The zero-order valence-corrected chi connectivity index (χ0v) is 17.4. The van der Waals surface area contributed by atoms with Crippen molar-refractivity contribution in [3.63, 3.8) is 0 Å². The topological polar surface area (TPSA) is 58.1 Å². The summed E-state index contributed by atoms with van der Waals surface area (Å²) in [5, 5.41) is 6.76. The Labute approximate surface area is 164 Å². The molecule has 27 heavy (non-hydrogen) atoms. The van der Waals surface area contributed by atoms with Gasteiger partial charge in [-0.25, -0.2) is 0 Å². The predicted octanol–water partition coefficient (Wildman–Crippen LogP) is 2.56. The lowest BCUT2D eigenvalue weighted by Crippen LogP contribution is -2.37. The number of benzene rings is 1. The molecular weight excluding hydrogens is 340 g/mol. The average Bonchev–Trinajstić information content (AvgIpc) is 2.68. The summed E-state index contributed by atoms with van der Waals surface area (Å²) in [6.07, 6.45) is 3.23. The monoisotopic (exact) mass is 376 g/mol. The third-order valence-corrected chi connectivity index (χ3v) is 4.84. The Morgan fingerprint density at radius 2 is 2.04 bits per heavy atom. The highest BCUT2D eigenvalue weighted by molar-refractivity contribution is 5.79. The summed E-state index contributed by atoms with van der Waals surface area (Å²) in [5.74, 6) is 1.49. The van der Waals surface area contributed by atoms with Crippen molar-refractivity contribution in [2.45, 2.75) is 32.7 Å². The average molecular weight is 377 g/mol. The first-order chi connectivity index (χ1) is 13.1. The van der Waals surface area contributed by atoms with Gasteiger partial charge in [0.05, 0.1) is 0 Å². The lowest BCUT2D eigenvalue weighted by Gasteiger charge is -2.21. The van der Waals surface area contributed by atoms with Crippen molar-refractivity contribution in [3.05, 3.63) is 29.3 Å². The summed E-state index contributed by atoms with van der Waals surface area (Å²) in [5.41, 5.74) is 3.76. The molecule has 2 N–H and O–H groups in total. The maximum absolute atomic E-state index is 5.81. The van der Waals surface area contributed by atoms with E-state index in [0.29, 0.717) is 5.92 Å². The number of rotatable bonds is 9. The van der Waals surface area contributed by atoms with Crippen LogP contribution in [0.1, 0.15) is 30.4 Å². The molecule has 1 aromatic carbocycles. The van der Waals surface area contributed by atoms with Crippen LogP contribution in [-0.4, -0.2) is 60.1 Å². The molecule has 0 bridgehead atoms. The maximum Gasteiger partial charge on any atom is 0.191 e. The van der Waals surface area contributed by atoms with E-state index in [1.54, 1.807) is 7.05 Å². The van der Waals surface area contributed by atoms with E-state index in [4.69, 9.17) is 9.47 Å². The van der Waals surface area contributed by atoms with E-state index in [9.17, 15) is 0 Å². The highest BCUT2D eigenvalue weighted by atomic mass is 16.5. The van der Waals surface area contributed by atoms with Crippen LogP contribution in [0.2, 0.25) is 0 Å². The number of anilines is 1. The summed E-state index contributed by atoms with van der Waals surface area (Å²) >= 11 is 0. The molecule has 1 fully saturated rings. The Hall–Kier alpha value is -1.79. The van der Waals surface area contributed by atoms with E-state index in [0.717, 1.165) is 64.7 Å². The molecule has 0 atom stereocenters. The Bertz CT molecular complexity index is 584. The van der Waals surface area contributed by atoms with Gasteiger partial charge >= 0.3 is 0 Å². The van der Waals surface area contributed by atoms with Crippen molar-refractivity contribution in [1.82, 2.24) is 10.6 Å². The molecule has 6 nitrogen and oxygen atoms in total. The minimum absolute atomic E-state index is 0.668. The van der Waals surface area contributed by atoms with Gasteiger partial charge in [0.1, 0.15) is 0 Å². The number of guanidine groups is 1. The number of ether oxygens (including phenoxy) is 2. The van der Waals surface area contributed by atoms with Crippen LogP contribution < -0.4 is 15.5 Å². The summed E-state index contributed by atoms with van der Waals surface area (Å²) in [6, 6.07) is 6.54. The third kappa shape index (κ3) is 7.77. The van der Waals surface area contributed by atoms with Gasteiger partial charge in [-0.2, -0.15) is 0 Å². The zero-order valence-electron chi connectivity index (χ0n) is 17.4. The van der Waals surface area contributed by atoms with Crippen molar-refractivity contribution < 1.29 is 9.47 Å². The second-order valence-electron chi connectivity index (χ2n) is 7.36. The molecule has 1 heterocycles. The number of aliphatic imine (C=N–C) groups is 1. The quantitative estimate of drug-likeness (QED) is 0.394. The van der Waals surface area contributed by atoms with Gasteiger partial charge in [-0.15, -0.1) is 0 Å². The van der Waals surface area contributed by atoms with Gasteiger partial charge in [-0.1, -0.05) is 12.1 Å². The lowest BCUT2D eigenvalue weighted by molar-refractivity contribution is 0.0203. The van der Waals surface area contributed by atoms with Crippen LogP contribution in [0.25, 0.3) is 0 Å². The Morgan fingerprint density at radius 3 is 2.74 bits per heavy atom. The SMILES string of the molecule is CN=C(NCCCOCC1CCOCC1)NCc1ccc(C)cc1N(C)C. The van der Waals surface area contributed by atoms with Crippen LogP contribution in [-0.2, 0) is 16.0 Å². The first-order valence-corrected chi connectivity index (χ1v) is 9.97. The normalized spacial score (nSPS) is 15.6. The van der Waals surface area contributed by atoms with Crippen LogP contribution in [0.15, 0.2) is 23.2 Å². The molecule has 1 aromatic rings. The minimum Gasteiger partial charge on any atom is -0.381 e. The molecule has 1 aliphatic heterocycles. The molecule has 0 saturated carbocycles. The van der Waals surface area contributed by atoms with Gasteiger partial charge in [-0.3, -0.25) is 4.99 Å². The molecule has 1 saturated heterocycles. The van der Waals surface area contributed by atoms with Crippen LogP contribution in [0.3, 0.4) is 0 Å². The summed E-state index contributed by atoms with van der Waals surface area (Å²) < 4.78 is 11.2. The summed E-state index contributed by atoms with van der Waals surface area (Å²) in [6.45, 7) is 7.12. The molecule has 152 valence electrons. The standard InChI is InChI=1S/C21H36N4O2/c1-17-6-7-19(20(14-17)25(3)4)15-24-21(22-2)23-10-5-11-27-16-18-8-12-26-13-9-18/h6-7,14,18H,5,8-13,15-16H2,1-4H3,(H2,22,23,24). The molecule has 0 aromatic heterocycles. The minimum atomic E-state index is 0.668. The van der Waals surface area contributed by atoms with Gasteiger partial charge in [0, 0.05) is 66.3 Å². The second kappa shape index (κ2) is 11.8. The Kier molecular flexibility index (Phi) is 9.42. The summed E-state index contributed by atoms with van der Waals surface area (Å²) in [4.78, 5) is 6.46. The summed E-state index contributed by atoms with van der Waals surface area (Å²) in [7, 11) is 5.95. The van der Waals surface area contributed by atoms with Gasteiger partial charge in [0.2, 0.25) is 0 Å². The highest BCUT2D eigenvalue weighted by Gasteiger charge is 2.13. The largest absolute Gasteiger partial charge is 0.381 e. The second-order valence-corrected chi connectivity index (χ2v) is 7.36. The lowest BCUT2D eigenvalue weighted by atomic mass is 10.0. The van der Waals surface area contributed by atoms with Crippen molar-refractivity contribution in [2.75, 3.05) is 59.0 Å². The zero-order chi connectivity index (χ0) is 19.5. The molecule has 0 spiro atoms. The van der Waals surface area contributed by atoms with Crippen molar-refractivity contribution >= 4 is 11.6 Å². The molecule has 0 radical (unpaired) electrons. The fourth-order valence-corrected chi connectivity index (χ4v) is 3.18. The molecule has 0 amide bonds. The van der Waals surface area contributed by atoms with Crippen molar-refractivity contribution in [2.24, 2.45) is 10.9 Å². The van der Waals surface area contributed by atoms with E-state index in [1.165, 1.54) is 16.8 Å². The van der Waals surface area contributed by atoms with E-state index < -0.39 is 0 Å². The van der Waals surface area contributed by atoms with Crippen LogP contribution >= 0.6 is 0 Å². The molecular formula is C21H36N4O2. The molecule has 6 heteroatoms. The molecule has 2 rings (SSSR count). The molecule has 0 unspecified atom stereocenters. The van der Waals surface area contributed by atoms with Gasteiger partial charge in [0.25, 0.3) is 0 Å². The van der Waals surface area contributed by atoms with Gasteiger partial charge in [0.15, 0.2) is 5.96 Å². The Morgan fingerprint density at radius 1 is 1.26 bits per heavy atom. The molecule has 1 aliphatic rings. The fraction of sp³-hybridized carbons (Fsp3) is 0.667. The highest BCUT2D eigenvalue weighted by Crippen LogP contribution is 2.20. The van der Waals surface area contributed by atoms with Gasteiger partial charge < -0.3 is 25.0 Å². The van der Waals surface area contributed by atoms with E-state index in [-0.39, 0.29) is 0 Å². The Balaban J connectivity index is 1.64. The first-order valence-electron chi connectivity index (χ1n) is 9.97. The third-order valence-electron chi connectivity index (χ3n) is 4.84. The maximum atomic E-state index is 5.81. The van der Waals surface area contributed by atoms with E-state index in [1.807, 2.05) is 0 Å². The van der Waals surface area contributed by atoms with Crippen LogP contribution in [0, 0.1) is 12.8 Å². The fourth-order valence-electron chi connectivity index (χ4n) is 3.18. The number of nitrogens with one attached hydrogen (secondary N) is 2. The number of nitrogens with zero attached hydrogens (tertiary/aromatic N) is 2. The molecule has 0 aliphatic carbocycles. The van der Waals surface area contributed by atoms with Crippen molar-refractivity contribution in [3.8, 4) is 0 Å². The number of aryl methyl sites for hydroxylation is 1.